The van der Waals surface area contributed by atoms with Gasteiger partial charge in [-0.25, -0.2) is 4.98 Å². The van der Waals surface area contributed by atoms with E-state index in [1.807, 2.05) is 11.3 Å². The predicted molar refractivity (Wildman–Crippen MR) is 94.4 cm³/mol. The molecule has 5 rings (SSSR count). The predicted octanol–water partition coefficient (Wildman–Crippen LogP) is 3.09. The molecule has 0 saturated heterocycles. The number of nitrogens with zero attached hydrogens (tertiary/aromatic N) is 2. The Balaban J connectivity index is 1.46. The summed E-state index contributed by atoms with van der Waals surface area (Å²) >= 11 is 3.57. The van der Waals surface area contributed by atoms with Gasteiger partial charge in [-0.2, -0.15) is 0 Å². The van der Waals surface area contributed by atoms with Crippen molar-refractivity contribution in [3.05, 3.63) is 48.5 Å². The second-order valence-corrected chi connectivity index (χ2v) is 8.46. The third kappa shape index (κ3) is 2.28. The summed E-state index contributed by atoms with van der Waals surface area (Å²) in [7, 11) is 0. The van der Waals surface area contributed by atoms with Crippen molar-refractivity contribution in [2.45, 2.75) is 38.8 Å². The van der Waals surface area contributed by atoms with Crippen molar-refractivity contribution in [2.75, 3.05) is 6.54 Å². The maximum atomic E-state index is 12.5. The normalized spacial score (nSPS) is 17.6. The number of aryl methyl sites for hydroxylation is 2. The molecule has 1 aliphatic heterocycles. The number of aromatic amines is 1. The average molecular weight is 343 g/mol. The van der Waals surface area contributed by atoms with Gasteiger partial charge < -0.3 is 4.98 Å². The van der Waals surface area contributed by atoms with Crippen molar-refractivity contribution in [1.29, 1.82) is 0 Å². The third-order valence-corrected chi connectivity index (χ3v) is 7.09. The molecule has 0 atom stereocenters. The lowest BCUT2D eigenvalue weighted by molar-refractivity contribution is 0.241. The summed E-state index contributed by atoms with van der Waals surface area (Å²) in [6.45, 7) is 2.72. The van der Waals surface area contributed by atoms with E-state index in [4.69, 9.17) is 4.98 Å². The van der Waals surface area contributed by atoms with Crippen molar-refractivity contribution in [3.63, 3.8) is 0 Å². The zero-order valence-electron chi connectivity index (χ0n) is 12.7. The molecule has 2 aliphatic rings. The fourth-order valence-corrected chi connectivity index (χ4v) is 5.95. The lowest BCUT2D eigenvalue weighted by Crippen LogP contribution is -2.30. The Bertz CT molecular complexity index is 953. The molecule has 4 heterocycles. The number of rotatable bonds is 2. The van der Waals surface area contributed by atoms with E-state index in [2.05, 4.69) is 21.3 Å². The minimum atomic E-state index is 0.0534. The summed E-state index contributed by atoms with van der Waals surface area (Å²) in [6.07, 6.45) is 4.42. The first-order valence-corrected chi connectivity index (χ1v) is 9.78. The quantitative estimate of drug-likeness (QED) is 0.778. The molecule has 1 N–H and O–H groups in total. The first kappa shape index (κ1) is 13.9. The molecule has 0 amide bonds. The third-order valence-electron chi connectivity index (χ3n) is 4.88. The summed E-state index contributed by atoms with van der Waals surface area (Å²) in [5.74, 6) is 0.807. The van der Waals surface area contributed by atoms with Crippen LogP contribution in [0, 0.1) is 0 Å². The molecule has 118 valence electrons. The molecule has 0 saturated carbocycles. The van der Waals surface area contributed by atoms with Gasteiger partial charge >= 0.3 is 0 Å². The largest absolute Gasteiger partial charge is 0.309 e. The molecule has 0 fully saturated rings. The van der Waals surface area contributed by atoms with Gasteiger partial charge in [-0.3, -0.25) is 9.69 Å². The molecule has 23 heavy (non-hydrogen) atoms. The van der Waals surface area contributed by atoms with Gasteiger partial charge in [0.15, 0.2) is 0 Å². The zero-order chi connectivity index (χ0) is 15.4. The number of aromatic nitrogens is 2. The fraction of sp³-hybridized carbons (Fsp3) is 0.412. The molecule has 6 heteroatoms. The van der Waals surface area contributed by atoms with Crippen molar-refractivity contribution in [1.82, 2.24) is 14.9 Å². The van der Waals surface area contributed by atoms with Gasteiger partial charge in [0, 0.05) is 22.8 Å². The highest BCUT2D eigenvalue weighted by atomic mass is 32.1. The van der Waals surface area contributed by atoms with Crippen LogP contribution in [-0.4, -0.2) is 21.4 Å². The Morgan fingerprint density at radius 2 is 2.22 bits per heavy atom. The molecule has 0 unspecified atom stereocenters. The van der Waals surface area contributed by atoms with Crippen molar-refractivity contribution in [3.8, 4) is 0 Å². The zero-order valence-corrected chi connectivity index (χ0v) is 14.4. The lowest BCUT2D eigenvalue weighted by Gasteiger charge is -2.26. The van der Waals surface area contributed by atoms with Crippen LogP contribution in [0.1, 0.15) is 33.1 Å². The van der Waals surface area contributed by atoms with Crippen LogP contribution in [0.25, 0.3) is 10.2 Å². The van der Waals surface area contributed by atoms with Gasteiger partial charge in [-0.15, -0.1) is 22.7 Å². The highest BCUT2D eigenvalue weighted by molar-refractivity contribution is 7.18. The molecule has 0 bridgehead atoms. The first-order chi connectivity index (χ1) is 11.3. The van der Waals surface area contributed by atoms with E-state index in [1.165, 1.54) is 27.3 Å². The van der Waals surface area contributed by atoms with Crippen LogP contribution in [0.4, 0.5) is 0 Å². The van der Waals surface area contributed by atoms with E-state index in [1.54, 1.807) is 11.3 Å². The van der Waals surface area contributed by atoms with Crippen LogP contribution in [0.2, 0.25) is 0 Å². The van der Waals surface area contributed by atoms with Crippen LogP contribution in [0.5, 0.6) is 0 Å². The van der Waals surface area contributed by atoms with Crippen LogP contribution in [0.3, 0.4) is 0 Å². The number of thiophene rings is 2. The van der Waals surface area contributed by atoms with Gasteiger partial charge in [0.25, 0.3) is 5.56 Å². The lowest BCUT2D eigenvalue weighted by atomic mass is 10.1. The Hall–Kier alpha value is -1.50. The second kappa shape index (κ2) is 5.26. The number of fused-ring (bicyclic) bond motifs is 4. The smallest absolute Gasteiger partial charge is 0.259 e. The molecule has 3 aromatic rings. The number of hydrogen-bond acceptors (Lipinski definition) is 5. The average Bonchev–Trinajstić information content (AvgIpc) is 3.20. The Kier molecular flexibility index (Phi) is 3.18. The Labute approximate surface area is 141 Å². The van der Waals surface area contributed by atoms with Gasteiger partial charge in [-0.05, 0) is 48.3 Å². The summed E-state index contributed by atoms with van der Waals surface area (Å²) in [5, 5.41) is 3.03. The summed E-state index contributed by atoms with van der Waals surface area (Å²) in [4.78, 5) is 26.5. The highest BCUT2D eigenvalue weighted by Gasteiger charge is 2.22. The molecule has 4 nitrogen and oxygen atoms in total. The Morgan fingerprint density at radius 1 is 1.26 bits per heavy atom. The van der Waals surface area contributed by atoms with Gasteiger partial charge in [0.1, 0.15) is 10.7 Å². The number of hydrogen-bond donors (Lipinski definition) is 1. The van der Waals surface area contributed by atoms with E-state index >= 15 is 0 Å². The standard InChI is InChI=1S/C17H17N3OS2/c21-16-15-11-2-1-3-13(11)23-17(15)19-14(18-16)9-20-6-4-12-10(8-20)5-7-22-12/h5,7H,1-4,6,8-9H2,(H,18,19,21). The van der Waals surface area contributed by atoms with E-state index < -0.39 is 0 Å². The topological polar surface area (TPSA) is 49.0 Å². The number of H-pyrrole nitrogens is 1. The fourth-order valence-electron chi connectivity index (χ4n) is 3.78. The Morgan fingerprint density at radius 3 is 3.17 bits per heavy atom. The maximum Gasteiger partial charge on any atom is 0.259 e. The summed E-state index contributed by atoms with van der Waals surface area (Å²) < 4.78 is 0. The van der Waals surface area contributed by atoms with Gasteiger partial charge in [-0.1, -0.05) is 0 Å². The molecule has 1 aliphatic carbocycles. The summed E-state index contributed by atoms with van der Waals surface area (Å²) in [6, 6.07) is 2.22. The van der Waals surface area contributed by atoms with Crippen LogP contribution >= 0.6 is 22.7 Å². The number of nitrogens with one attached hydrogen (secondary N) is 1. The van der Waals surface area contributed by atoms with E-state index in [9.17, 15) is 4.79 Å². The van der Waals surface area contributed by atoms with Gasteiger partial charge in [0.2, 0.25) is 0 Å². The molecular weight excluding hydrogens is 326 g/mol. The van der Waals surface area contributed by atoms with E-state index in [-0.39, 0.29) is 5.56 Å². The van der Waals surface area contributed by atoms with Crippen LogP contribution in [-0.2, 0) is 32.4 Å². The molecule has 3 aromatic heterocycles. The molecular formula is C17H17N3OS2. The molecule has 0 radical (unpaired) electrons. The molecule has 0 spiro atoms. The van der Waals surface area contributed by atoms with Crippen molar-refractivity contribution >= 4 is 32.9 Å². The van der Waals surface area contributed by atoms with E-state index in [0.717, 1.165) is 54.9 Å². The minimum absolute atomic E-state index is 0.0534. The maximum absolute atomic E-state index is 12.5. The summed E-state index contributed by atoms with van der Waals surface area (Å²) in [5.41, 5.74) is 2.74. The van der Waals surface area contributed by atoms with Crippen LogP contribution in [0.15, 0.2) is 16.2 Å². The SMILES string of the molecule is O=c1[nH]c(CN2CCc3sccc3C2)nc2sc3c(c12)CCC3. The second-order valence-electron chi connectivity index (χ2n) is 6.38. The van der Waals surface area contributed by atoms with E-state index in [0.29, 0.717) is 0 Å². The minimum Gasteiger partial charge on any atom is -0.309 e. The molecule has 0 aromatic carbocycles. The van der Waals surface area contributed by atoms with Crippen molar-refractivity contribution in [2.24, 2.45) is 0 Å². The van der Waals surface area contributed by atoms with Crippen molar-refractivity contribution < 1.29 is 0 Å². The first-order valence-electron chi connectivity index (χ1n) is 8.09. The van der Waals surface area contributed by atoms with Crippen LogP contribution < -0.4 is 5.56 Å². The highest BCUT2D eigenvalue weighted by Crippen LogP contribution is 2.34. The monoisotopic (exact) mass is 343 g/mol. The van der Waals surface area contributed by atoms with Gasteiger partial charge in [0.05, 0.1) is 11.9 Å².